The highest BCUT2D eigenvalue weighted by molar-refractivity contribution is 7.13. The minimum atomic E-state index is -0.339. The van der Waals surface area contributed by atoms with Crippen LogP contribution in [0.1, 0.15) is 58.4 Å². The van der Waals surface area contributed by atoms with Crippen LogP contribution in [0.4, 0.5) is 4.39 Å². The molecule has 2 heterocycles. The lowest BCUT2D eigenvalue weighted by molar-refractivity contribution is 0.0981. The van der Waals surface area contributed by atoms with E-state index in [9.17, 15) is 9.18 Å². The second-order valence-electron chi connectivity index (χ2n) is 6.33. The van der Waals surface area contributed by atoms with Gasteiger partial charge >= 0.3 is 0 Å². The Balaban J connectivity index is 1.56. The number of rotatable bonds is 7. The van der Waals surface area contributed by atoms with Gasteiger partial charge in [-0.1, -0.05) is 24.2 Å². The summed E-state index contributed by atoms with van der Waals surface area (Å²) in [6.07, 6.45) is 1.96. The Kier molecular flexibility index (Phi) is 5.56. The Morgan fingerprint density at radius 3 is 2.81 bits per heavy atom. The third-order valence-corrected chi connectivity index (χ3v) is 5.26. The third kappa shape index (κ3) is 4.22. The fourth-order valence-electron chi connectivity index (χ4n) is 2.78. The van der Waals surface area contributed by atoms with Gasteiger partial charge in [0.2, 0.25) is 11.7 Å². The second-order valence-corrected chi connectivity index (χ2v) is 7.53. The number of thiazole rings is 1. The largest absolute Gasteiger partial charge is 0.339 e. The highest BCUT2D eigenvalue weighted by Gasteiger charge is 2.18. The summed E-state index contributed by atoms with van der Waals surface area (Å²) in [4.78, 5) is 21.7. The average Bonchev–Trinajstić information content (AvgIpc) is 3.21. The molecule has 26 heavy (non-hydrogen) atoms. The van der Waals surface area contributed by atoms with E-state index < -0.39 is 0 Å². The Morgan fingerprint density at radius 2 is 2.12 bits per heavy atom. The molecule has 0 saturated carbocycles. The lowest BCUT2D eigenvalue weighted by Crippen LogP contribution is -2.01. The average molecular weight is 373 g/mol. The number of aromatic nitrogens is 3. The van der Waals surface area contributed by atoms with Crippen LogP contribution in [-0.4, -0.2) is 20.9 Å². The van der Waals surface area contributed by atoms with Crippen LogP contribution < -0.4 is 0 Å². The smallest absolute Gasteiger partial charge is 0.229 e. The van der Waals surface area contributed by atoms with Crippen molar-refractivity contribution < 1.29 is 13.7 Å². The van der Waals surface area contributed by atoms with E-state index in [-0.39, 0.29) is 17.5 Å². The predicted octanol–water partition coefficient (Wildman–Crippen LogP) is 5.11. The zero-order valence-corrected chi connectivity index (χ0v) is 15.8. The van der Waals surface area contributed by atoms with Gasteiger partial charge in [-0.15, -0.1) is 11.3 Å². The summed E-state index contributed by atoms with van der Waals surface area (Å²) in [7, 11) is 0. The molecule has 1 aromatic carbocycles. The fourth-order valence-corrected chi connectivity index (χ4v) is 3.66. The number of ketones is 1. The first kappa shape index (κ1) is 18.4. The maximum absolute atomic E-state index is 13.3. The molecule has 0 saturated heterocycles. The number of hydrogen-bond acceptors (Lipinski definition) is 6. The zero-order chi connectivity index (χ0) is 18.7. The SMILES string of the molecule is Cc1nc(C)c(C(=O)CCC[C@@H](C)c2nc(-c3cccc(F)c3)no2)s1. The first-order valence-corrected chi connectivity index (χ1v) is 9.32. The number of Topliss-reactive ketones (excluding diaryl/α,β-unsaturated/α-hetero) is 1. The highest BCUT2D eigenvalue weighted by Crippen LogP contribution is 2.25. The maximum atomic E-state index is 13.3. The van der Waals surface area contributed by atoms with Crippen molar-refractivity contribution in [2.75, 3.05) is 0 Å². The van der Waals surface area contributed by atoms with E-state index in [0.29, 0.717) is 23.7 Å². The fraction of sp³-hybridized carbons (Fsp3) is 0.368. The topological polar surface area (TPSA) is 68.9 Å². The molecule has 2 aromatic heterocycles. The van der Waals surface area contributed by atoms with Crippen LogP contribution in [-0.2, 0) is 0 Å². The van der Waals surface area contributed by atoms with Gasteiger partial charge in [-0.05, 0) is 38.8 Å². The number of aryl methyl sites for hydroxylation is 2. The summed E-state index contributed by atoms with van der Waals surface area (Å²) in [5.74, 6) is 0.696. The molecule has 1 atom stereocenters. The van der Waals surface area contributed by atoms with E-state index in [1.165, 1.54) is 23.5 Å². The Hall–Kier alpha value is -2.41. The molecular formula is C19H20FN3O2S. The van der Waals surface area contributed by atoms with Crippen molar-refractivity contribution >= 4 is 17.1 Å². The normalized spacial score (nSPS) is 12.3. The van der Waals surface area contributed by atoms with Crippen molar-refractivity contribution in [2.45, 2.75) is 46.0 Å². The van der Waals surface area contributed by atoms with Crippen molar-refractivity contribution in [3.63, 3.8) is 0 Å². The van der Waals surface area contributed by atoms with Crippen LogP contribution in [0, 0.1) is 19.7 Å². The van der Waals surface area contributed by atoms with E-state index in [4.69, 9.17) is 4.52 Å². The van der Waals surface area contributed by atoms with Gasteiger partial charge in [0.15, 0.2) is 5.78 Å². The Morgan fingerprint density at radius 1 is 1.31 bits per heavy atom. The van der Waals surface area contributed by atoms with Gasteiger partial charge in [-0.3, -0.25) is 4.79 Å². The number of carbonyl (C=O) groups is 1. The Labute approximate surface area is 155 Å². The van der Waals surface area contributed by atoms with Crippen LogP contribution in [0.5, 0.6) is 0 Å². The van der Waals surface area contributed by atoms with Gasteiger partial charge < -0.3 is 4.52 Å². The molecule has 0 fully saturated rings. The van der Waals surface area contributed by atoms with Gasteiger partial charge in [-0.25, -0.2) is 9.37 Å². The second kappa shape index (κ2) is 7.86. The lowest BCUT2D eigenvalue weighted by Gasteiger charge is -2.05. The number of carbonyl (C=O) groups excluding carboxylic acids is 1. The summed E-state index contributed by atoms with van der Waals surface area (Å²) in [5.41, 5.74) is 1.39. The number of halogens is 1. The monoisotopic (exact) mass is 373 g/mol. The van der Waals surface area contributed by atoms with Crippen molar-refractivity contribution in [2.24, 2.45) is 0 Å². The summed E-state index contributed by atoms with van der Waals surface area (Å²) < 4.78 is 18.6. The lowest BCUT2D eigenvalue weighted by atomic mass is 10.0. The minimum absolute atomic E-state index is 0.0295. The summed E-state index contributed by atoms with van der Waals surface area (Å²) in [6.45, 7) is 5.75. The summed E-state index contributed by atoms with van der Waals surface area (Å²) in [5, 5.41) is 4.84. The molecule has 0 spiro atoms. The van der Waals surface area contributed by atoms with Gasteiger partial charge in [0.05, 0.1) is 15.6 Å². The standard InChI is InChI=1S/C19H20FN3O2S/c1-11(6-4-9-16(24)17-12(2)21-13(3)26-17)19-22-18(23-25-19)14-7-5-8-15(20)10-14/h5,7-8,10-11H,4,6,9H2,1-3H3/t11-/m1/s1. The molecule has 5 nitrogen and oxygen atoms in total. The first-order valence-electron chi connectivity index (χ1n) is 8.51. The van der Waals surface area contributed by atoms with E-state index in [2.05, 4.69) is 15.1 Å². The third-order valence-electron chi connectivity index (χ3n) is 4.14. The van der Waals surface area contributed by atoms with Gasteiger partial charge in [-0.2, -0.15) is 4.98 Å². The van der Waals surface area contributed by atoms with Gasteiger partial charge in [0.1, 0.15) is 5.82 Å². The van der Waals surface area contributed by atoms with Crippen molar-refractivity contribution in [1.82, 2.24) is 15.1 Å². The molecule has 0 aliphatic rings. The zero-order valence-electron chi connectivity index (χ0n) is 15.0. The van der Waals surface area contributed by atoms with Gasteiger partial charge in [0, 0.05) is 17.9 Å². The number of hydrogen-bond donors (Lipinski definition) is 0. The molecule has 136 valence electrons. The van der Waals surface area contributed by atoms with E-state index in [0.717, 1.165) is 28.4 Å². The van der Waals surface area contributed by atoms with Crippen molar-refractivity contribution in [3.8, 4) is 11.4 Å². The predicted molar refractivity (Wildman–Crippen MR) is 97.9 cm³/mol. The molecule has 0 unspecified atom stereocenters. The van der Waals surface area contributed by atoms with Crippen molar-refractivity contribution in [3.05, 3.63) is 51.6 Å². The van der Waals surface area contributed by atoms with Crippen LogP contribution >= 0.6 is 11.3 Å². The molecule has 0 bridgehead atoms. The number of benzene rings is 1. The molecule has 0 amide bonds. The van der Waals surface area contributed by atoms with Gasteiger partial charge in [0.25, 0.3) is 0 Å². The van der Waals surface area contributed by atoms with E-state index in [1.807, 2.05) is 20.8 Å². The molecule has 3 rings (SSSR count). The van der Waals surface area contributed by atoms with Crippen molar-refractivity contribution in [1.29, 1.82) is 0 Å². The molecular weight excluding hydrogens is 353 g/mol. The van der Waals surface area contributed by atoms with Crippen LogP contribution in [0.15, 0.2) is 28.8 Å². The minimum Gasteiger partial charge on any atom is -0.339 e. The van der Waals surface area contributed by atoms with Crippen LogP contribution in [0.2, 0.25) is 0 Å². The first-order chi connectivity index (χ1) is 12.4. The molecule has 0 aliphatic heterocycles. The summed E-state index contributed by atoms with van der Waals surface area (Å²) in [6, 6.07) is 6.09. The quantitative estimate of drug-likeness (QED) is 0.539. The molecule has 0 radical (unpaired) electrons. The molecule has 7 heteroatoms. The Bertz CT molecular complexity index is 919. The van der Waals surface area contributed by atoms with E-state index >= 15 is 0 Å². The molecule has 0 aliphatic carbocycles. The van der Waals surface area contributed by atoms with Crippen LogP contribution in [0.3, 0.4) is 0 Å². The van der Waals surface area contributed by atoms with Crippen LogP contribution in [0.25, 0.3) is 11.4 Å². The molecule has 0 N–H and O–H groups in total. The number of nitrogens with zero attached hydrogens (tertiary/aromatic N) is 3. The maximum Gasteiger partial charge on any atom is 0.229 e. The molecule has 3 aromatic rings. The highest BCUT2D eigenvalue weighted by atomic mass is 32.1. The van der Waals surface area contributed by atoms with E-state index in [1.54, 1.807) is 12.1 Å². The summed E-state index contributed by atoms with van der Waals surface area (Å²) >= 11 is 1.45.